The van der Waals surface area contributed by atoms with Crippen LogP contribution in [0, 0.1) is 0 Å². The fraction of sp³-hybridized carbons (Fsp3) is 0.435. The molecule has 0 saturated carbocycles. The highest BCUT2D eigenvalue weighted by molar-refractivity contribution is 5.64. The van der Waals surface area contributed by atoms with E-state index in [0.29, 0.717) is 12.5 Å². The van der Waals surface area contributed by atoms with Crippen molar-refractivity contribution < 1.29 is 9.90 Å². The van der Waals surface area contributed by atoms with Gasteiger partial charge >= 0.3 is 6.09 Å². The van der Waals surface area contributed by atoms with E-state index in [9.17, 15) is 9.90 Å². The Kier molecular flexibility index (Phi) is 10.8. The van der Waals surface area contributed by atoms with Crippen LogP contribution in [0.2, 0.25) is 0 Å². The Bertz CT molecular complexity index is 682. The van der Waals surface area contributed by atoms with Gasteiger partial charge < -0.3 is 26.4 Å². The van der Waals surface area contributed by atoms with Crippen molar-refractivity contribution in [1.82, 2.24) is 21.3 Å². The summed E-state index contributed by atoms with van der Waals surface area (Å²) in [7, 11) is 1.92. The first-order valence-electron chi connectivity index (χ1n) is 10.3. The predicted molar refractivity (Wildman–Crippen MR) is 118 cm³/mol. The maximum absolute atomic E-state index is 11.3. The number of carbonyl (C=O) groups is 1. The summed E-state index contributed by atoms with van der Waals surface area (Å²) in [6.07, 6.45) is 2.36. The first-order chi connectivity index (χ1) is 14.2. The highest BCUT2D eigenvalue weighted by Gasteiger charge is 2.16. The van der Waals surface area contributed by atoms with Crippen LogP contribution >= 0.6 is 0 Å². The molecule has 0 heterocycles. The summed E-state index contributed by atoms with van der Waals surface area (Å²) in [5, 5.41) is 22.0. The van der Waals surface area contributed by atoms with Gasteiger partial charge in [-0.15, -0.1) is 0 Å². The highest BCUT2D eigenvalue weighted by Crippen LogP contribution is 2.13. The Morgan fingerprint density at radius 2 is 1.41 bits per heavy atom. The van der Waals surface area contributed by atoms with Crippen molar-refractivity contribution in [3.05, 3.63) is 71.8 Å². The van der Waals surface area contributed by atoms with E-state index in [2.05, 4.69) is 45.5 Å². The number of hydrogen-bond acceptors (Lipinski definition) is 4. The summed E-state index contributed by atoms with van der Waals surface area (Å²) < 4.78 is 0. The van der Waals surface area contributed by atoms with Gasteiger partial charge in [0.1, 0.15) is 0 Å². The Hall–Kier alpha value is -2.41. The van der Waals surface area contributed by atoms with Crippen molar-refractivity contribution in [2.24, 2.45) is 0 Å². The Morgan fingerprint density at radius 3 is 1.97 bits per heavy atom. The van der Waals surface area contributed by atoms with Gasteiger partial charge in [0.2, 0.25) is 0 Å². The van der Waals surface area contributed by atoms with E-state index < -0.39 is 6.09 Å². The quantitative estimate of drug-likeness (QED) is 0.250. The van der Waals surface area contributed by atoms with Crippen molar-refractivity contribution in [3.63, 3.8) is 0 Å². The van der Waals surface area contributed by atoms with Crippen LogP contribution in [0.25, 0.3) is 0 Å². The molecule has 2 atom stereocenters. The average molecular weight is 399 g/mol. The van der Waals surface area contributed by atoms with Crippen LogP contribution < -0.4 is 21.3 Å². The molecule has 158 valence electrons. The van der Waals surface area contributed by atoms with Crippen LogP contribution in [0.1, 0.15) is 24.0 Å². The first-order valence-corrected chi connectivity index (χ1v) is 10.3. The number of nitrogens with one attached hydrogen (secondary N) is 4. The van der Waals surface area contributed by atoms with Crippen molar-refractivity contribution in [2.45, 2.75) is 37.8 Å². The SMILES string of the molecule is CNCNCCNC(CCC(Cc1ccccc1)NC(=O)O)Cc1ccccc1. The van der Waals surface area contributed by atoms with Crippen molar-refractivity contribution in [2.75, 3.05) is 26.8 Å². The summed E-state index contributed by atoms with van der Waals surface area (Å²) in [6, 6.07) is 20.7. The Morgan fingerprint density at radius 1 is 0.862 bits per heavy atom. The van der Waals surface area contributed by atoms with Gasteiger partial charge in [0, 0.05) is 31.8 Å². The smallest absolute Gasteiger partial charge is 0.404 e. The van der Waals surface area contributed by atoms with Gasteiger partial charge in [-0.25, -0.2) is 4.79 Å². The van der Waals surface area contributed by atoms with Gasteiger partial charge in [0.15, 0.2) is 0 Å². The summed E-state index contributed by atoms with van der Waals surface area (Å²) in [6.45, 7) is 2.54. The summed E-state index contributed by atoms with van der Waals surface area (Å²) >= 11 is 0. The molecule has 2 aromatic rings. The first kappa shape index (κ1) is 22.9. The minimum absolute atomic E-state index is 0.0996. The molecule has 2 rings (SSSR count). The van der Waals surface area contributed by atoms with Crippen molar-refractivity contribution in [3.8, 4) is 0 Å². The van der Waals surface area contributed by atoms with Crippen LogP contribution in [0.3, 0.4) is 0 Å². The summed E-state index contributed by atoms with van der Waals surface area (Å²) in [5.74, 6) is 0. The molecule has 6 heteroatoms. The topological polar surface area (TPSA) is 85.4 Å². The zero-order chi connectivity index (χ0) is 20.7. The molecule has 29 heavy (non-hydrogen) atoms. The lowest BCUT2D eigenvalue weighted by Crippen LogP contribution is -2.41. The van der Waals surface area contributed by atoms with Crippen LogP contribution in [-0.2, 0) is 12.8 Å². The van der Waals surface area contributed by atoms with E-state index in [0.717, 1.165) is 44.6 Å². The van der Waals surface area contributed by atoms with E-state index in [1.807, 2.05) is 43.4 Å². The summed E-state index contributed by atoms with van der Waals surface area (Å²) in [5.41, 5.74) is 2.44. The lowest BCUT2D eigenvalue weighted by molar-refractivity contribution is 0.188. The third-order valence-corrected chi connectivity index (χ3v) is 4.88. The van der Waals surface area contributed by atoms with Crippen LogP contribution in [-0.4, -0.2) is 50.1 Å². The number of carboxylic acid groups (broad SMARTS) is 1. The molecule has 0 fully saturated rings. The predicted octanol–water partition coefficient (Wildman–Crippen LogP) is 2.61. The second-order valence-corrected chi connectivity index (χ2v) is 7.28. The summed E-state index contributed by atoms with van der Waals surface area (Å²) in [4.78, 5) is 11.3. The molecule has 0 aliphatic heterocycles. The third kappa shape index (κ3) is 10.1. The van der Waals surface area contributed by atoms with Gasteiger partial charge in [-0.1, -0.05) is 60.7 Å². The highest BCUT2D eigenvalue weighted by atomic mass is 16.4. The van der Waals surface area contributed by atoms with Gasteiger partial charge in [-0.3, -0.25) is 0 Å². The van der Waals surface area contributed by atoms with Crippen molar-refractivity contribution in [1.29, 1.82) is 0 Å². The Balaban J connectivity index is 1.93. The molecule has 2 unspecified atom stereocenters. The van der Waals surface area contributed by atoms with E-state index in [1.165, 1.54) is 5.56 Å². The van der Waals surface area contributed by atoms with Gasteiger partial charge in [-0.05, 0) is 43.9 Å². The number of amides is 1. The van der Waals surface area contributed by atoms with E-state index in [1.54, 1.807) is 0 Å². The minimum Gasteiger partial charge on any atom is -0.465 e. The number of rotatable bonds is 14. The lowest BCUT2D eigenvalue weighted by atomic mass is 9.96. The lowest BCUT2D eigenvalue weighted by Gasteiger charge is -2.23. The third-order valence-electron chi connectivity index (χ3n) is 4.88. The molecule has 0 bridgehead atoms. The number of benzene rings is 2. The zero-order valence-corrected chi connectivity index (χ0v) is 17.2. The molecule has 0 aliphatic carbocycles. The fourth-order valence-corrected chi connectivity index (χ4v) is 3.45. The van der Waals surface area contributed by atoms with Gasteiger partial charge in [0.25, 0.3) is 0 Å². The van der Waals surface area contributed by atoms with E-state index in [4.69, 9.17) is 0 Å². The second kappa shape index (κ2) is 13.7. The van der Waals surface area contributed by atoms with Crippen LogP contribution in [0.5, 0.6) is 0 Å². The van der Waals surface area contributed by atoms with Crippen LogP contribution in [0.15, 0.2) is 60.7 Å². The molecule has 0 saturated heterocycles. The molecular formula is C23H34N4O2. The molecule has 6 nitrogen and oxygen atoms in total. The van der Waals surface area contributed by atoms with Gasteiger partial charge in [0.05, 0.1) is 0 Å². The Labute approximate surface area is 174 Å². The molecule has 5 N–H and O–H groups in total. The van der Waals surface area contributed by atoms with Crippen LogP contribution in [0.4, 0.5) is 4.79 Å². The number of hydrogen-bond donors (Lipinski definition) is 5. The molecule has 2 aromatic carbocycles. The second-order valence-electron chi connectivity index (χ2n) is 7.28. The van der Waals surface area contributed by atoms with Gasteiger partial charge in [-0.2, -0.15) is 0 Å². The molecule has 0 aromatic heterocycles. The normalized spacial score (nSPS) is 13.0. The molecule has 1 amide bonds. The zero-order valence-electron chi connectivity index (χ0n) is 17.2. The van der Waals surface area contributed by atoms with Crippen molar-refractivity contribution >= 4 is 6.09 Å². The largest absolute Gasteiger partial charge is 0.465 e. The molecule has 0 spiro atoms. The fourth-order valence-electron chi connectivity index (χ4n) is 3.45. The average Bonchev–Trinajstić information content (AvgIpc) is 2.72. The maximum atomic E-state index is 11.3. The minimum atomic E-state index is -0.963. The van der Waals surface area contributed by atoms with E-state index in [-0.39, 0.29) is 6.04 Å². The maximum Gasteiger partial charge on any atom is 0.404 e. The molecular weight excluding hydrogens is 364 g/mol. The monoisotopic (exact) mass is 398 g/mol. The molecule has 0 aliphatic rings. The molecule has 0 radical (unpaired) electrons. The standard InChI is InChI=1S/C23H34N4O2/c1-24-18-25-14-15-26-21(16-19-8-4-2-5-9-19)12-13-22(27-23(28)29)17-20-10-6-3-7-11-20/h2-11,21-22,24-27H,12-18H2,1H3,(H,28,29). The van der Waals surface area contributed by atoms with E-state index >= 15 is 0 Å².